The fourth-order valence-corrected chi connectivity index (χ4v) is 5.03. The van der Waals surface area contributed by atoms with Crippen molar-refractivity contribution >= 4 is 27.2 Å². The minimum Gasteiger partial charge on any atom is -0.358 e. The standard InChI is InChI=1S/C27H31N3O6S/c1-16(2)15-29-27(36-37(34,35)21-11-9-8-10-12-21)25(20(7)28-29)26(31)22-13-14-23(30(32)33)24(19(22)6)18(5)17(3)4/h8-14,16H,15H2,1-7H3. The first-order valence-corrected chi connectivity index (χ1v) is 13.2. The third-order valence-electron chi connectivity index (χ3n) is 6.08. The van der Waals surface area contributed by atoms with Crippen molar-refractivity contribution in [1.82, 2.24) is 9.78 Å². The van der Waals surface area contributed by atoms with Crippen LogP contribution < -0.4 is 4.18 Å². The molecule has 0 N–H and O–H groups in total. The quantitative estimate of drug-likeness (QED) is 0.148. The summed E-state index contributed by atoms with van der Waals surface area (Å²) in [6.07, 6.45) is 0. The molecule has 2 aromatic carbocycles. The molecule has 0 saturated heterocycles. The van der Waals surface area contributed by atoms with E-state index >= 15 is 0 Å². The summed E-state index contributed by atoms with van der Waals surface area (Å²) in [5.74, 6) is -0.628. The van der Waals surface area contributed by atoms with Crippen LogP contribution in [0.2, 0.25) is 0 Å². The first-order valence-electron chi connectivity index (χ1n) is 11.8. The van der Waals surface area contributed by atoms with E-state index in [1.807, 2.05) is 27.7 Å². The molecule has 9 nitrogen and oxygen atoms in total. The Balaban J connectivity index is 2.25. The van der Waals surface area contributed by atoms with Gasteiger partial charge in [-0.3, -0.25) is 14.9 Å². The van der Waals surface area contributed by atoms with Gasteiger partial charge in [0.2, 0.25) is 11.7 Å². The molecule has 0 spiro atoms. The van der Waals surface area contributed by atoms with Gasteiger partial charge in [-0.05, 0) is 69.9 Å². The first kappa shape index (κ1) is 27.8. The number of carbonyl (C=O) groups excluding carboxylic acids is 1. The number of carbonyl (C=O) groups is 1. The maximum atomic E-state index is 13.9. The van der Waals surface area contributed by atoms with Gasteiger partial charge in [0.15, 0.2) is 0 Å². The van der Waals surface area contributed by atoms with E-state index in [1.165, 1.54) is 28.9 Å². The zero-order valence-corrected chi connectivity index (χ0v) is 22.8. The Morgan fingerprint density at radius 1 is 1.05 bits per heavy atom. The molecule has 1 aromatic heterocycles. The number of aromatic nitrogens is 2. The molecule has 0 fully saturated rings. The molecule has 1 heterocycles. The second-order valence-corrected chi connectivity index (χ2v) is 11.1. The lowest BCUT2D eigenvalue weighted by Crippen LogP contribution is -2.17. The number of hydrogen-bond acceptors (Lipinski definition) is 7. The SMILES string of the molecule is CC(C)=C(C)c1c([N+](=O)[O-])ccc(C(=O)c2c(C)nn(CC(C)C)c2OS(=O)(=O)c2ccccc2)c1C. The van der Waals surface area contributed by atoms with E-state index in [9.17, 15) is 23.3 Å². The summed E-state index contributed by atoms with van der Waals surface area (Å²) in [6.45, 7) is 12.9. The van der Waals surface area contributed by atoms with Gasteiger partial charge in [-0.1, -0.05) is 37.6 Å². The predicted octanol–water partition coefficient (Wildman–Crippen LogP) is 5.88. The molecule has 196 valence electrons. The summed E-state index contributed by atoms with van der Waals surface area (Å²) in [5.41, 5.74) is 2.73. The summed E-state index contributed by atoms with van der Waals surface area (Å²) in [5, 5.41) is 16.2. The monoisotopic (exact) mass is 525 g/mol. The van der Waals surface area contributed by atoms with Crippen molar-refractivity contribution < 1.29 is 22.3 Å². The number of allylic oxidation sites excluding steroid dienone is 2. The molecule has 0 atom stereocenters. The molecule has 0 aliphatic heterocycles. The summed E-state index contributed by atoms with van der Waals surface area (Å²) >= 11 is 0. The molecule has 10 heteroatoms. The average Bonchev–Trinajstić information content (AvgIpc) is 3.11. The van der Waals surface area contributed by atoms with E-state index in [-0.39, 0.29) is 33.5 Å². The van der Waals surface area contributed by atoms with E-state index in [0.717, 1.165) is 5.57 Å². The smallest absolute Gasteiger partial charge is 0.340 e. The number of rotatable bonds is 9. The van der Waals surface area contributed by atoms with Crippen molar-refractivity contribution in [1.29, 1.82) is 0 Å². The number of benzene rings is 2. The van der Waals surface area contributed by atoms with Crippen LogP contribution in [0.4, 0.5) is 5.69 Å². The lowest BCUT2D eigenvalue weighted by Gasteiger charge is -2.15. The fraction of sp³-hybridized carbons (Fsp3) is 0.333. The van der Waals surface area contributed by atoms with E-state index < -0.39 is 20.8 Å². The van der Waals surface area contributed by atoms with Gasteiger partial charge >= 0.3 is 10.1 Å². The molecular formula is C27H31N3O6S. The topological polar surface area (TPSA) is 121 Å². The minimum atomic E-state index is -4.27. The molecular weight excluding hydrogens is 494 g/mol. The number of hydrogen-bond donors (Lipinski definition) is 0. The van der Waals surface area contributed by atoms with Crippen molar-refractivity contribution in [3.05, 3.63) is 86.1 Å². The maximum Gasteiger partial charge on any atom is 0.340 e. The molecule has 3 rings (SSSR count). The molecule has 0 bridgehead atoms. The van der Waals surface area contributed by atoms with Crippen LogP contribution in [-0.4, -0.2) is 28.9 Å². The number of nitrogens with zero attached hydrogens (tertiary/aromatic N) is 3. The number of ketones is 1. The van der Waals surface area contributed by atoms with Crippen molar-refractivity contribution in [2.75, 3.05) is 0 Å². The van der Waals surface area contributed by atoms with Crippen molar-refractivity contribution in [2.24, 2.45) is 5.92 Å². The summed E-state index contributed by atoms with van der Waals surface area (Å²) in [6, 6.07) is 10.3. The molecule has 0 aliphatic carbocycles. The Morgan fingerprint density at radius 3 is 2.22 bits per heavy atom. The second kappa shape index (κ2) is 10.7. The van der Waals surface area contributed by atoms with E-state index in [2.05, 4.69) is 5.10 Å². The zero-order chi connectivity index (χ0) is 27.7. The van der Waals surface area contributed by atoms with Gasteiger partial charge in [0.25, 0.3) is 5.69 Å². The Labute approximate surface area is 217 Å². The van der Waals surface area contributed by atoms with E-state index in [1.54, 1.807) is 39.0 Å². The molecule has 0 amide bonds. The Hall–Kier alpha value is -3.79. The van der Waals surface area contributed by atoms with Crippen LogP contribution in [0.25, 0.3) is 5.57 Å². The van der Waals surface area contributed by atoms with Crippen LogP contribution in [0.1, 0.15) is 67.4 Å². The van der Waals surface area contributed by atoms with Gasteiger partial charge in [0.05, 0.1) is 16.2 Å². The van der Waals surface area contributed by atoms with Crippen LogP contribution in [-0.2, 0) is 16.7 Å². The van der Waals surface area contributed by atoms with Crippen LogP contribution in [0.5, 0.6) is 5.88 Å². The van der Waals surface area contributed by atoms with Gasteiger partial charge < -0.3 is 4.18 Å². The predicted molar refractivity (Wildman–Crippen MR) is 141 cm³/mol. The highest BCUT2D eigenvalue weighted by Gasteiger charge is 2.31. The first-order chi connectivity index (χ1) is 17.3. The van der Waals surface area contributed by atoms with Gasteiger partial charge in [-0.2, -0.15) is 13.5 Å². The van der Waals surface area contributed by atoms with Crippen LogP contribution in [0.15, 0.2) is 52.9 Å². The number of nitro benzene ring substituents is 1. The fourth-order valence-electron chi connectivity index (χ4n) is 4.07. The van der Waals surface area contributed by atoms with E-state index in [4.69, 9.17) is 4.18 Å². The van der Waals surface area contributed by atoms with Crippen LogP contribution in [0, 0.1) is 29.9 Å². The maximum absolute atomic E-state index is 13.9. The highest BCUT2D eigenvalue weighted by atomic mass is 32.2. The summed E-state index contributed by atoms with van der Waals surface area (Å²) in [4.78, 5) is 25.2. The Kier molecular flexibility index (Phi) is 8.02. The normalized spacial score (nSPS) is 11.5. The lowest BCUT2D eigenvalue weighted by atomic mass is 9.90. The van der Waals surface area contributed by atoms with E-state index in [0.29, 0.717) is 28.9 Å². The third-order valence-corrected chi connectivity index (χ3v) is 7.30. The van der Waals surface area contributed by atoms with Gasteiger partial charge in [0, 0.05) is 18.2 Å². The van der Waals surface area contributed by atoms with Crippen molar-refractivity contribution in [3.63, 3.8) is 0 Å². The average molecular weight is 526 g/mol. The van der Waals surface area contributed by atoms with Crippen molar-refractivity contribution in [3.8, 4) is 5.88 Å². The molecule has 0 unspecified atom stereocenters. The Bertz CT molecular complexity index is 1500. The second-order valence-electron chi connectivity index (χ2n) is 9.54. The minimum absolute atomic E-state index is 0.00193. The number of aryl methyl sites for hydroxylation is 1. The number of nitro groups is 1. The molecule has 3 aromatic rings. The van der Waals surface area contributed by atoms with Crippen molar-refractivity contribution in [2.45, 2.75) is 59.9 Å². The van der Waals surface area contributed by atoms with Gasteiger partial charge in [-0.15, -0.1) is 0 Å². The van der Waals surface area contributed by atoms with Gasteiger partial charge in [-0.25, -0.2) is 4.68 Å². The van der Waals surface area contributed by atoms with Crippen LogP contribution >= 0.6 is 0 Å². The molecule has 0 radical (unpaired) electrons. The largest absolute Gasteiger partial charge is 0.358 e. The molecule has 0 saturated carbocycles. The third kappa shape index (κ3) is 5.64. The lowest BCUT2D eigenvalue weighted by molar-refractivity contribution is -0.385. The van der Waals surface area contributed by atoms with Gasteiger partial charge in [0.1, 0.15) is 10.5 Å². The highest BCUT2D eigenvalue weighted by Crippen LogP contribution is 2.36. The summed E-state index contributed by atoms with van der Waals surface area (Å²) in [7, 11) is -4.27. The summed E-state index contributed by atoms with van der Waals surface area (Å²) < 4.78 is 33.2. The van der Waals surface area contributed by atoms with Crippen LogP contribution in [0.3, 0.4) is 0 Å². The molecule has 0 aliphatic rings. The zero-order valence-electron chi connectivity index (χ0n) is 22.0. The highest BCUT2D eigenvalue weighted by molar-refractivity contribution is 7.87. The molecule has 37 heavy (non-hydrogen) atoms. The Morgan fingerprint density at radius 2 is 1.68 bits per heavy atom.